The summed E-state index contributed by atoms with van der Waals surface area (Å²) < 4.78 is 4.54. The molecule has 0 aromatic rings. The van der Waals surface area contributed by atoms with Crippen molar-refractivity contribution < 1.29 is 14.3 Å². The average molecular weight is 188 g/mol. The first-order valence-electron chi connectivity index (χ1n) is 4.09. The smallest absolute Gasteiger partial charge is 0.328 e. The fourth-order valence-electron chi connectivity index (χ4n) is 0.838. The maximum absolute atomic E-state index is 11.1. The van der Waals surface area contributed by atoms with Crippen LogP contribution >= 0.6 is 0 Å². The molecule has 0 heterocycles. The lowest BCUT2D eigenvalue weighted by Crippen LogP contribution is -2.48. The van der Waals surface area contributed by atoms with Crippen molar-refractivity contribution in [3.05, 3.63) is 0 Å². The van der Waals surface area contributed by atoms with Crippen LogP contribution in [0.4, 0.5) is 4.79 Å². The number of rotatable bonds is 3. The fourth-order valence-corrected chi connectivity index (χ4v) is 0.838. The number of nitrogens with one attached hydrogen (secondary N) is 2. The quantitative estimate of drug-likeness (QED) is 0.618. The number of esters is 1. The van der Waals surface area contributed by atoms with E-state index in [1.54, 1.807) is 0 Å². The van der Waals surface area contributed by atoms with Gasteiger partial charge in [-0.25, -0.2) is 9.59 Å². The van der Waals surface area contributed by atoms with Gasteiger partial charge in [0.15, 0.2) is 0 Å². The summed E-state index contributed by atoms with van der Waals surface area (Å²) in [7, 11) is 2.78. The molecular formula is C8H16N2O3. The van der Waals surface area contributed by atoms with Crippen molar-refractivity contribution in [3.8, 4) is 0 Å². The molecule has 0 saturated heterocycles. The van der Waals surface area contributed by atoms with Gasteiger partial charge in [0.2, 0.25) is 0 Å². The number of amides is 2. The van der Waals surface area contributed by atoms with E-state index in [4.69, 9.17) is 0 Å². The molecule has 0 radical (unpaired) electrons. The second-order valence-electron chi connectivity index (χ2n) is 2.97. The zero-order valence-corrected chi connectivity index (χ0v) is 8.38. The van der Waals surface area contributed by atoms with Crippen molar-refractivity contribution in [2.24, 2.45) is 5.92 Å². The molecule has 0 spiro atoms. The number of hydrogen-bond donors (Lipinski definition) is 2. The van der Waals surface area contributed by atoms with Gasteiger partial charge in [-0.3, -0.25) is 0 Å². The Labute approximate surface area is 77.8 Å². The predicted octanol–water partition coefficient (Wildman–Crippen LogP) is 0.113. The first kappa shape index (κ1) is 11.7. The highest BCUT2D eigenvalue weighted by Gasteiger charge is 2.24. The minimum absolute atomic E-state index is 0.00440. The van der Waals surface area contributed by atoms with Gasteiger partial charge in [-0.1, -0.05) is 13.8 Å². The normalized spacial score (nSPS) is 12.1. The lowest BCUT2D eigenvalue weighted by Gasteiger charge is -2.19. The summed E-state index contributed by atoms with van der Waals surface area (Å²) in [5.41, 5.74) is 0. The average Bonchev–Trinajstić information content (AvgIpc) is 2.11. The summed E-state index contributed by atoms with van der Waals surface area (Å²) in [6.45, 7) is 3.66. The van der Waals surface area contributed by atoms with Crippen LogP contribution < -0.4 is 10.6 Å². The lowest BCUT2D eigenvalue weighted by atomic mass is 10.1. The highest BCUT2D eigenvalue weighted by atomic mass is 16.5. The van der Waals surface area contributed by atoms with E-state index in [-0.39, 0.29) is 11.9 Å². The van der Waals surface area contributed by atoms with Crippen LogP contribution in [-0.2, 0) is 9.53 Å². The molecule has 0 saturated carbocycles. The first-order valence-corrected chi connectivity index (χ1v) is 4.09. The van der Waals surface area contributed by atoms with Gasteiger partial charge in [0.05, 0.1) is 7.11 Å². The number of carbonyl (C=O) groups excluding carboxylic acids is 2. The van der Waals surface area contributed by atoms with Gasteiger partial charge >= 0.3 is 12.0 Å². The second-order valence-corrected chi connectivity index (χ2v) is 2.97. The summed E-state index contributed by atoms with van der Waals surface area (Å²) in [5, 5.41) is 4.86. The SMILES string of the molecule is CNC(=O)N[C@H](C(=O)OC)C(C)C. The Morgan fingerprint density at radius 2 is 1.85 bits per heavy atom. The Morgan fingerprint density at radius 3 is 2.15 bits per heavy atom. The molecule has 13 heavy (non-hydrogen) atoms. The lowest BCUT2D eigenvalue weighted by molar-refractivity contribution is -0.143. The van der Waals surface area contributed by atoms with Gasteiger partial charge in [-0.05, 0) is 5.92 Å². The van der Waals surface area contributed by atoms with Gasteiger partial charge < -0.3 is 15.4 Å². The third-order valence-corrected chi connectivity index (χ3v) is 1.64. The summed E-state index contributed by atoms with van der Waals surface area (Å²) in [6, 6.07) is -0.978. The largest absolute Gasteiger partial charge is 0.467 e. The van der Waals surface area contributed by atoms with E-state index in [1.807, 2.05) is 13.8 Å². The molecule has 0 aromatic heterocycles. The topological polar surface area (TPSA) is 67.4 Å². The van der Waals surface area contributed by atoms with E-state index in [2.05, 4.69) is 15.4 Å². The third kappa shape index (κ3) is 3.78. The van der Waals surface area contributed by atoms with E-state index in [0.717, 1.165) is 0 Å². The molecule has 0 aliphatic carbocycles. The zero-order valence-electron chi connectivity index (χ0n) is 8.38. The van der Waals surface area contributed by atoms with Gasteiger partial charge in [0.25, 0.3) is 0 Å². The molecule has 0 bridgehead atoms. The van der Waals surface area contributed by atoms with Crippen LogP contribution in [0.25, 0.3) is 0 Å². The maximum Gasteiger partial charge on any atom is 0.328 e. The Kier molecular flexibility index (Phi) is 4.87. The van der Waals surface area contributed by atoms with E-state index < -0.39 is 12.0 Å². The van der Waals surface area contributed by atoms with E-state index in [0.29, 0.717) is 0 Å². The van der Waals surface area contributed by atoms with E-state index in [9.17, 15) is 9.59 Å². The first-order chi connectivity index (χ1) is 6.02. The number of urea groups is 1. The van der Waals surface area contributed by atoms with E-state index >= 15 is 0 Å². The molecule has 1 atom stereocenters. The van der Waals surface area contributed by atoms with E-state index in [1.165, 1.54) is 14.2 Å². The molecule has 5 nitrogen and oxygen atoms in total. The van der Waals surface area contributed by atoms with Gasteiger partial charge in [-0.2, -0.15) is 0 Å². The van der Waals surface area contributed by atoms with Crippen LogP contribution in [0.2, 0.25) is 0 Å². The standard InChI is InChI=1S/C8H16N2O3/c1-5(2)6(7(11)13-4)10-8(12)9-3/h5-6H,1-4H3,(H2,9,10,12)/t6-/m0/s1. The monoisotopic (exact) mass is 188 g/mol. The Balaban J connectivity index is 4.26. The molecule has 0 fully saturated rings. The van der Waals surface area contributed by atoms with Crippen molar-refractivity contribution in [1.29, 1.82) is 0 Å². The number of methoxy groups -OCH3 is 1. The minimum atomic E-state index is -0.593. The number of hydrogen-bond acceptors (Lipinski definition) is 3. The third-order valence-electron chi connectivity index (χ3n) is 1.64. The second kappa shape index (κ2) is 5.40. The number of carbonyl (C=O) groups is 2. The summed E-state index contributed by atoms with van der Waals surface area (Å²) in [6.07, 6.45) is 0. The fraction of sp³-hybridized carbons (Fsp3) is 0.750. The molecule has 2 N–H and O–H groups in total. The van der Waals surface area contributed by atoms with Gasteiger partial charge in [0, 0.05) is 7.05 Å². The van der Waals surface area contributed by atoms with Crippen molar-refractivity contribution in [2.75, 3.05) is 14.2 Å². The van der Waals surface area contributed by atoms with Crippen molar-refractivity contribution in [2.45, 2.75) is 19.9 Å². The predicted molar refractivity (Wildman–Crippen MR) is 48.2 cm³/mol. The molecule has 0 aliphatic rings. The summed E-state index contributed by atoms with van der Waals surface area (Å²) in [4.78, 5) is 22.1. The zero-order chi connectivity index (χ0) is 10.4. The molecule has 0 unspecified atom stereocenters. The Hall–Kier alpha value is -1.26. The molecule has 5 heteroatoms. The van der Waals surface area contributed by atoms with Gasteiger partial charge in [0.1, 0.15) is 6.04 Å². The molecule has 0 aliphatic heterocycles. The molecule has 76 valence electrons. The Morgan fingerprint density at radius 1 is 1.31 bits per heavy atom. The van der Waals surface area contributed by atoms with Crippen LogP contribution in [0.15, 0.2) is 0 Å². The van der Waals surface area contributed by atoms with Gasteiger partial charge in [-0.15, -0.1) is 0 Å². The molecule has 2 amide bonds. The van der Waals surface area contributed by atoms with Crippen LogP contribution in [0.1, 0.15) is 13.8 Å². The van der Waals surface area contributed by atoms with Crippen LogP contribution in [0.3, 0.4) is 0 Å². The summed E-state index contributed by atoms with van der Waals surface area (Å²) in [5.74, 6) is -0.427. The minimum Gasteiger partial charge on any atom is -0.467 e. The van der Waals surface area contributed by atoms with Crippen LogP contribution in [0, 0.1) is 5.92 Å². The maximum atomic E-state index is 11.1. The van der Waals surface area contributed by atoms with Crippen molar-refractivity contribution in [3.63, 3.8) is 0 Å². The summed E-state index contributed by atoms with van der Waals surface area (Å²) >= 11 is 0. The highest BCUT2D eigenvalue weighted by Crippen LogP contribution is 2.02. The van der Waals surface area contributed by atoms with Crippen LogP contribution in [0.5, 0.6) is 0 Å². The molecular weight excluding hydrogens is 172 g/mol. The van der Waals surface area contributed by atoms with Crippen molar-refractivity contribution >= 4 is 12.0 Å². The van der Waals surface area contributed by atoms with Crippen molar-refractivity contribution in [1.82, 2.24) is 10.6 Å². The highest BCUT2D eigenvalue weighted by molar-refractivity contribution is 5.83. The van der Waals surface area contributed by atoms with Crippen LogP contribution in [-0.4, -0.2) is 32.2 Å². The molecule has 0 rings (SSSR count). The molecule has 0 aromatic carbocycles. The number of ether oxygens (including phenoxy) is 1. The Bertz CT molecular complexity index is 192.